The van der Waals surface area contributed by atoms with Gasteiger partial charge in [-0.3, -0.25) is 9.88 Å². The summed E-state index contributed by atoms with van der Waals surface area (Å²) in [6.45, 7) is 4.41. The topological polar surface area (TPSA) is 88.6 Å². The Morgan fingerprint density at radius 3 is 2.88 bits per heavy atom. The van der Waals surface area contributed by atoms with Crippen LogP contribution < -0.4 is 18.9 Å². The highest BCUT2D eigenvalue weighted by Gasteiger charge is 2.34. The van der Waals surface area contributed by atoms with Crippen LogP contribution >= 0.6 is 12.1 Å². The molecule has 0 fully saturated rings. The number of carbonyl (C=O) groups excluding carboxylic acids is 1. The minimum absolute atomic E-state index is 0.00819. The SMILES string of the molecule is CCNSNc1cccc(CN2C(=O)Oc3cc(Oc4ncccc4F)cnc3C2C)c1F. The van der Waals surface area contributed by atoms with Crippen molar-refractivity contribution in [2.75, 3.05) is 11.3 Å². The summed E-state index contributed by atoms with van der Waals surface area (Å²) < 4.78 is 45.5. The summed E-state index contributed by atoms with van der Waals surface area (Å²) in [6.07, 6.45) is 2.13. The van der Waals surface area contributed by atoms with E-state index >= 15 is 0 Å². The van der Waals surface area contributed by atoms with Gasteiger partial charge in [-0.1, -0.05) is 19.1 Å². The number of amides is 1. The molecule has 11 heteroatoms. The summed E-state index contributed by atoms with van der Waals surface area (Å²) >= 11 is 1.17. The Hall–Kier alpha value is -3.44. The molecule has 0 aliphatic carbocycles. The summed E-state index contributed by atoms with van der Waals surface area (Å²) in [5, 5.41) is 0. The Balaban J connectivity index is 1.52. The zero-order valence-electron chi connectivity index (χ0n) is 17.8. The molecule has 3 heterocycles. The predicted molar refractivity (Wildman–Crippen MR) is 120 cm³/mol. The van der Waals surface area contributed by atoms with Crippen molar-refractivity contribution in [2.24, 2.45) is 0 Å². The fourth-order valence-electron chi connectivity index (χ4n) is 3.23. The van der Waals surface area contributed by atoms with Crippen LogP contribution in [0.1, 0.15) is 31.1 Å². The number of nitrogens with zero attached hydrogens (tertiary/aromatic N) is 3. The van der Waals surface area contributed by atoms with Crippen molar-refractivity contribution in [1.82, 2.24) is 19.6 Å². The first-order chi connectivity index (χ1) is 16.0. The Kier molecular flexibility index (Phi) is 6.90. The van der Waals surface area contributed by atoms with Crippen molar-refractivity contribution in [3.8, 4) is 17.4 Å². The maximum Gasteiger partial charge on any atom is 0.416 e. The van der Waals surface area contributed by atoms with Gasteiger partial charge in [0, 0.05) is 36.5 Å². The van der Waals surface area contributed by atoms with E-state index in [1.807, 2.05) is 6.92 Å². The van der Waals surface area contributed by atoms with Gasteiger partial charge in [-0.05, 0) is 25.1 Å². The van der Waals surface area contributed by atoms with E-state index in [1.165, 1.54) is 47.6 Å². The fraction of sp³-hybridized carbons (Fsp3) is 0.227. The maximum atomic E-state index is 14.9. The van der Waals surface area contributed by atoms with Gasteiger partial charge >= 0.3 is 6.09 Å². The van der Waals surface area contributed by atoms with Gasteiger partial charge in [-0.15, -0.1) is 0 Å². The first-order valence-electron chi connectivity index (χ1n) is 10.2. The maximum absolute atomic E-state index is 14.9. The molecule has 33 heavy (non-hydrogen) atoms. The number of benzene rings is 1. The number of aromatic nitrogens is 2. The second-order valence-corrected chi connectivity index (χ2v) is 7.80. The molecule has 1 atom stereocenters. The summed E-state index contributed by atoms with van der Waals surface area (Å²) in [5.41, 5.74) is 1.11. The molecule has 0 saturated heterocycles. The van der Waals surface area contributed by atoms with E-state index in [-0.39, 0.29) is 23.9 Å². The number of ether oxygens (including phenoxy) is 2. The molecule has 1 aliphatic heterocycles. The Labute approximate surface area is 193 Å². The molecule has 172 valence electrons. The summed E-state index contributed by atoms with van der Waals surface area (Å²) in [7, 11) is 0. The van der Waals surface area contributed by atoms with Gasteiger partial charge in [-0.25, -0.2) is 23.3 Å². The lowest BCUT2D eigenvalue weighted by Crippen LogP contribution is -2.39. The van der Waals surface area contributed by atoms with Crippen molar-refractivity contribution < 1.29 is 23.0 Å². The van der Waals surface area contributed by atoms with Crippen LogP contribution in [0.25, 0.3) is 0 Å². The number of fused-ring (bicyclic) bond motifs is 1. The van der Waals surface area contributed by atoms with Gasteiger partial charge in [0.25, 0.3) is 5.88 Å². The molecule has 2 aromatic heterocycles. The predicted octanol–water partition coefficient (Wildman–Crippen LogP) is 5.21. The van der Waals surface area contributed by atoms with Crippen LogP contribution in [0.4, 0.5) is 19.3 Å². The van der Waals surface area contributed by atoms with Crippen molar-refractivity contribution in [1.29, 1.82) is 0 Å². The van der Waals surface area contributed by atoms with Crippen molar-refractivity contribution >= 4 is 23.9 Å². The largest absolute Gasteiger partial charge is 0.435 e. The molecular formula is C22H21F2N5O3S. The third-order valence-electron chi connectivity index (χ3n) is 4.89. The molecule has 1 unspecified atom stereocenters. The van der Waals surface area contributed by atoms with Gasteiger partial charge in [-0.2, -0.15) is 0 Å². The first-order valence-corrected chi connectivity index (χ1v) is 11.0. The average Bonchev–Trinajstić information content (AvgIpc) is 2.80. The van der Waals surface area contributed by atoms with Gasteiger partial charge in [0.1, 0.15) is 5.69 Å². The van der Waals surface area contributed by atoms with E-state index in [2.05, 4.69) is 19.4 Å². The highest BCUT2D eigenvalue weighted by Crippen LogP contribution is 2.37. The van der Waals surface area contributed by atoms with Gasteiger partial charge < -0.3 is 14.2 Å². The molecule has 0 radical (unpaired) electrons. The molecule has 3 aromatic rings. The Morgan fingerprint density at radius 1 is 1.24 bits per heavy atom. The van der Waals surface area contributed by atoms with Crippen molar-refractivity contribution in [3.63, 3.8) is 0 Å². The minimum atomic E-state index is -0.655. The molecule has 0 spiro atoms. The van der Waals surface area contributed by atoms with Crippen LogP contribution in [0.3, 0.4) is 0 Å². The number of rotatable bonds is 8. The average molecular weight is 474 g/mol. The monoisotopic (exact) mass is 473 g/mol. The molecule has 8 nitrogen and oxygen atoms in total. The van der Waals surface area contributed by atoms with E-state index in [0.29, 0.717) is 23.5 Å². The lowest BCUT2D eigenvalue weighted by atomic mass is 10.1. The molecule has 1 amide bonds. The zero-order valence-corrected chi connectivity index (χ0v) is 18.7. The molecule has 1 aliphatic rings. The number of pyridine rings is 2. The molecule has 1 aromatic carbocycles. The Bertz CT molecular complexity index is 1170. The Morgan fingerprint density at radius 2 is 2.09 bits per heavy atom. The van der Waals surface area contributed by atoms with Crippen molar-refractivity contribution in [2.45, 2.75) is 26.4 Å². The summed E-state index contributed by atoms with van der Waals surface area (Å²) in [4.78, 5) is 22.3. The van der Waals surface area contributed by atoms with E-state index < -0.39 is 23.8 Å². The van der Waals surface area contributed by atoms with Gasteiger partial charge in [0.2, 0.25) is 0 Å². The lowest BCUT2D eigenvalue weighted by Gasteiger charge is -2.33. The number of carbonyl (C=O) groups is 1. The van der Waals surface area contributed by atoms with E-state index in [9.17, 15) is 13.6 Å². The second kappa shape index (κ2) is 10.0. The van der Waals surface area contributed by atoms with Crippen LogP contribution in [-0.4, -0.2) is 27.5 Å². The van der Waals surface area contributed by atoms with E-state index in [1.54, 1.807) is 25.1 Å². The molecule has 4 rings (SSSR count). The van der Waals surface area contributed by atoms with Crippen LogP contribution in [-0.2, 0) is 6.54 Å². The molecule has 2 N–H and O–H groups in total. The number of hydrogen-bond donors (Lipinski definition) is 2. The van der Waals surface area contributed by atoms with E-state index in [0.717, 1.165) is 0 Å². The van der Waals surface area contributed by atoms with Crippen LogP contribution in [0.5, 0.6) is 17.4 Å². The van der Waals surface area contributed by atoms with Gasteiger partial charge in [0.15, 0.2) is 23.1 Å². The number of anilines is 1. The second-order valence-electron chi connectivity index (χ2n) is 7.10. The fourth-order valence-corrected chi connectivity index (χ4v) is 3.72. The van der Waals surface area contributed by atoms with E-state index in [4.69, 9.17) is 9.47 Å². The van der Waals surface area contributed by atoms with Gasteiger partial charge in [0.05, 0.1) is 24.5 Å². The number of halogens is 2. The van der Waals surface area contributed by atoms with Crippen molar-refractivity contribution in [3.05, 3.63) is 71.7 Å². The lowest BCUT2D eigenvalue weighted by molar-refractivity contribution is 0.114. The molecule has 0 saturated carbocycles. The highest BCUT2D eigenvalue weighted by atomic mass is 32.2. The standard InChI is InChI=1S/C22H21F2N5O3S/c1-3-27-33-28-17-8-4-6-14(19(17)24)12-29-13(2)20-18(32-22(29)30)10-15(11-26-20)31-21-16(23)7-5-9-25-21/h4-11,13,27-28H,3,12H2,1-2H3. The summed E-state index contributed by atoms with van der Waals surface area (Å²) in [5.74, 6) is -0.942. The molecular weight excluding hydrogens is 452 g/mol. The van der Waals surface area contributed by atoms with Crippen LogP contribution in [0, 0.1) is 11.6 Å². The number of hydrogen-bond acceptors (Lipinski definition) is 8. The minimum Gasteiger partial charge on any atom is -0.435 e. The third kappa shape index (κ3) is 4.99. The number of nitrogens with one attached hydrogen (secondary N) is 2. The quantitative estimate of drug-likeness (QED) is 0.341. The normalized spacial score (nSPS) is 15.1. The third-order valence-corrected chi connectivity index (χ3v) is 5.64. The van der Waals surface area contributed by atoms with Crippen LogP contribution in [0.15, 0.2) is 48.8 Å². The van der Waals surface area contributed by atoms with Crippen LogP contribution in [0.2, 0.25) is 0 Å². The first kappa shape index (κ1) is 22.7. The zero-order chi connectivity index (χ0) is 23.4. The molecule has 0 bridgehead atoms. The summed E-state index contributed by atoms with van der Waals surface area (Å²) in [6, 6.07) is 8.56. The smallest absolute Gasteiger partial charge is 0.416 e. The highest BCUT2D eigenvalue weighted by molar-refractivity contribution is 7.98.